The molecule has 1 nitrogen and oxygen atoms in total. The molecule has 5 fully saturated rings. The van der Waals surface area contributed by atoms with Gasteiger partial charge in [0.25, 0.3) is 0 Å². The van der Waals surface area contributed by atoms with Crippen LogP contribution in [0, 0.1) is 57.7 Å². The summed E-state index contributed by atoms with van der Waals surface area (Å²) < 4.78 is 6.30. The second kappa shape index (κ2) is 6.98. The van der Waals surface area contributed by atoms with Crippen molar-refractivity contribution in [2.24, 2.45) is 57.7 Å². The van der Waals surface area contributed by atoms with Crippen LogP contribution in [0.15, 0.2) is 0 Å². The smallest absolute Gasteiger partial charge is 0.0638 e. The zero-order valence-electron chi connectivity index (χ0n) is 20.3. The van der Waals surface area contributed by atoms with E-state index in [0.29, 0.717) is 22.3 Å². The Morgan fingerprint density at radius 2 is 1.76 bits per heavy atom. The quantitative estimate of drug-likeness (QED) is 0.443. The molecule has 0 aromatic rings. The van der Waals surface area contributed by atoms with Crippen LogP contribution >= 0.6 is 0 Å². The minimum atomic E-state index is 0.561. The van der Waals surface area contributed by atoms with E-state index in [0.717, 1.165) is 41.4 Å². The maximum atomic E-state index is 6.30. The van der Waals surface area contributed by atoms with Crippen LogP contribution in [0.1, 0.15) is 105 Å². The van der Waals surface area contributed by atoms with Gasteiger partial charge in [-0.1, -0.05) is 53.9 Å². The Hall–Kier alpha value is -0.0400. The van der Waals surface area contributed by atoms with E-state index in [1.165, 1.54) is 70.6 Å². The Bertz CT molecular complexity index is 628. The Balaban J connectivity index is 1.37. The number of methoxy groups -OCH3 is 1. The summed E-state index contributed by atoms with van der Waals surface area (Å²) in [5.41, 5.74) is 1.78. The van der Waals surface area contributed by atoms with Crippen LogP contribution in [-0.4, -0.2) is 13.2 Å². The largest absolute Gasteiger partial charge is 0.381 e. The molecule has 0 N–H and O–H groups in total. The van der Waals surface area contributed by atoms with Crippen molar-refractivity contribution in [1.82, 2.24) is 0 Å². The maximum Gasteiger partial charge on any atom is 0.0638 e. The fourth-order valence-electron chi connectivity index (χ4n) is 10.5. The normalized spacial score (nSPS) is 54.8. The summed E-state index contributed by atoms with van der Waals surface area (Å²) in [5.74, 6) is 6.71. The van der Waals surface area contributed by atoms with E-state index in [9.17, 15) is 0 Å². The molecule has 0 aliphatic heterocycles. The molecule has 5 rings (SSSR count). The number of ether oxygens (including phenoxy) is 1. The molecule has 11 atom stereocenters. The first-order chi connectivity index (χ1) is 13.8. The van der Waals surface area contributed by atoms with Crippen molar-refractivity contribution >= 4 is 0 Å². The molecule has 5 aliphatic rings. The molecule has 0 radical (unpaired) electrons. The van der Waals surface area contributed by atoms with Crippen LogP contribution < -0.4 is 0 Å². The van der Waals surface area contributed by atoms with Crippen LogP contribution in [0.3, 0.4) is 0 Å². The van der Waals surface area contributed by atoms with Crippen LogP contribution in [-0.2, 0) is 4.74 Å². The van der Waals surface area contributed by atoms with Crippen LogP contribution in [0.4, 0.5) is 0 Å². The number of hydrogen-bond donors (Lipinski definition) is 0. The van der Waals surface area contributed by atoms with Gasteiger partial charge in [-0.05, 0) is 104 Å². The SMILES string of the molecule is CC[C@H](C)CC[C@@H](C)[C@H]1CC[C@H]2[C@@H]3C[C@@H](OC)[C@]45C[C@H]4CC[C@]5(C)[C@H]3CC[C@]12C. The highest BCUT2D eigenvalue weighted by Gasteiger charge is 2.77. The van der Waals surface area contributed by atoms with E-state index in [4.69, 9.17) is 4.74 Å². The van der Waals surface area contributed by atoms with E-state index >= 15 is 0 Å². The van der Waals surface area contributed by atoms with E-state index in [2.05, 4.69) is 34.6 Å². The third-order valence-electron chi connectivity index (χ3n) is 12.4. The molecule has 0 bridgehead atoms. The van der Waals surface area contributed by atoms with Gasteiger partial charge in [0.15, 0.2) is 0 Å². The highest BCUT2D eigenvalue weighted by molar-refractivity contribution is 5.26. The molecule has 5 saturated carbocycles. The predicted molar refractivity (Wildman–Crippen MR) is 122 cm³/mol. The molecule has 0 aromatic carbocycles. The van der Waals surface area contributed by atoms with Gasteiger partial charge in [-0.2, -0.15) is 0 Å². The van der Waals surface area contributed by atoms with Crippen LogP contribution in [0.5, 0.6) is 0 Å². The van der Waals surface area contributed by atoms with Gasteiger partial charge in [-0.15, -0.1) is 0 Å². The molecular formula is C28H48O. The second-order valence-electron chi connectivity index (χ2n) is 13.0. The summed E-state index contributed by atoms with van der Waals surface area (Å²) in [6.07, 6.45) is 16.7. The van der Waals surface area contributed by atoms with Crippen LogP contribution in [0.2, 0.25) is 0 Å². The minimum Gasteiger partial charge on any atom is -0.381 e. The average Bonchev–Trinajstić information content (AvgIpc) is 3.22. The zero-order chi connectivity index (χ0) is 20.6. The van der Waals surface area contributed by atoms with Crippen molar-refractivity contribution in [3.63, 3.8) is 0 Å². The van der Waals surface area contributed by atoms with Crippen molar-refractivity contribution < 1.29 is 4.74 Å². The van der Waals surface area contributed by atoms with Crippen molar-refractivity contribution in [3.8, 4) is 0 Å². The molecule has 29 heavy (non-hydrogen) atoms. The second-order valence-corrected chi connectivity index (χ2v) is 13.0. The summed E-state index contributed by atoms with van der Waals surface area (Å²) >= 11 is 0. The monoisotopic (exact) mass is 400 g/mol. The first kappa shape index (κ1) is 20.8. The van der Waals surface area contributed by atoms with Crippen molar-refractivity contribution in [1.29, 1.82) is 0 Å². The molecule has 1 heteroatoms. The molecule has 5 aliphatic carbocycles. The Kier molecular flexibility index (Phi) is 5.02. The fourth-order valence-corrected chi connectivity index (χ4v) is 10.5. The van der Waals surface area contributed by atoms with Gasteiger partial charge in [0.05, 0.1) is 6.10 Å². The Labute approximate surface area is 181 Å². The zero-order valence-corrected chi connectivity index (χ0v) is 20.3. The summed E-state index contributed by atoms with van der Waals surface area (Å²) in [5, 5.41) is 0. The summed E-state index contributed by atoms with van der Waals surface area (Å²) in [6, 6.07) is 0. The van der Waals surface area contributed by atoms with Crippen molar-refractivity contribution in [2.75, 3.05) is 7.11 Å². The number of hydrogen-bond acceptors (Lipinski definition) is 1. The lowest BCUT2D eigenvalue weighted by atomic mass is 9.45. The molecule has 1 spiro atoms. The number of rotatable bonds is 6. The fraction of sp³-hybridized carbons (Fsp3) is 1.00. The molecule has 0 unspecified atom stereocenters. The predicted octanol–water partition coefficient (Wildman–Crippen LogP) is 7.73. The molecular weight excluding hydrogens is 352 g/mol. The highest BCUT2D eigenvalue weighted by atomic mass is 16.5. The van der Waals surface area contributed by atoms with E-state index in [1.807, 2.05) is 7.11 Å². The molecule has 0 amide bonds. The van der Waals surface area contributed by atoms with E-state index in [-0.39, 0.29) is 0 Å². The third-order valence-corrected chi connectivity index (χ3v) is 12.4. The topological polar surface area (TPSA) is 9.23 Å². The standard InChI is InChI=1S/C28H48O/c1-7-18(2)8-9-19(3)22-10-11-23-21-16-25(29-6)28-17-20(28)12-15-27(28,5)24(21)13-14-26(22,23)4/h18-25H,7-17H2,1-6H3/t18-,19+,20+,21-,22+,23-,24-,25+,26+,27+,28-/m0/s1. The third kappa shape index (κ3) is 2.67. The van der Waals surface area contributed by atoms with Gasteiger partial charge < -0.3 is 4.74 Å². The molecule has 0 aromatic heterocycles. The van der Waals surface area contributed by atoms with Gasteiger partial charge >= 0.3 is 0 Å². The van der Waals surface area contributed by atoms with Crippen molar-refractivity contribution in [3.05, 3.63) is 0 Å². The average molecular weight is 401 g/mol. The van der Waals surface area contributed by atoms with Gasteiger partial charge in [0.1, 0.15) is 0 Å². The molecule has 166 valence electrons. The lowest BCUT2D eigenvalue weighted by Crippen LogP contribution is -2.57. The highest BCUT2D eigenvalue weighted by Crippen LogP contribution is 2.82. The lowest BCUT2D eigenvalue weighted by molar-refractivity contribution is -0.161. The Morgan fingerprint density at radius 3 is 2.45 bits per heavy atom. The lowest BCUT2D eigenvalue weighted by Gasteiger charge is -2.61. The Morgan fingerprint density at radius 1 is 0.966 bits per heavy atom. The van der Waals surface area contributed by atoms with Gasteiger partial charge in [-0.3, -0.25) is 0 Å². The summed E-state index contributed by atoms with van der Waals surface area (Å²) in [6.45, 7) is 12.9. The van der Waals surface area contributed by atoms with Gasteiger partial charge in [0.2, 0.25) is 0 Å². The first-order valence-electron chi connectivity index (χ1n) is 13.3. The minimum absolute atomic E-state index is 0.561. The van der Waals surface area contributed by atoms with Gasteiger partial charge in [0, 0.05) is 12.5 Å². The molecule has 0 heterocycles. The maximum absolute atomic E-state index is 6.30. The van der Waals surface area contributed by atoms with Gasteiger partial charge in [-0.25, -0.2) is 0 Å². The number of fused-ring (bicyclic) bond motifs is 4. The van der Waals surface area contributed by atoms with E-state index in [1.54, 1.807) is 0 Å². The summed E-state index contributed by atoms with van der Waals surface area (Å²) in [4.78, 5) is 0. The van der Waals surface area contributed by atoms with Crippen LogP contribution in [0.25, 0.3) is 0 Å². The van der Waals surface area contributed by atoms with Crippen molar-refractivity contribution in [2.45, 2.75) is 111 Å². The summed E-state index contributed by atoms with van der Waals surface area (Å²) in [7, 11) is 2.03. The molecule has 0 saturated heterocycles. The van der Waals surface area contributed by atoms with E-state index < -0.39 is 0 Å². The first-order valence-corrected chi connectivity index (χ1v) is 13.3.